The van der Waals surface area contributed by atoms with Crippen LogP contribution in [-0.2, 0) is 9.47 Å². The van der Waals surface area contributed by atoms with Crippen LogP contribution in [0.5, 0.6) is 0 Å². The highest BCUT2D eigenvalue weighted by molar-refractivity contribution is 5.05. The minimum absolute atomic E-state index is 0.0626. The molecule has 0 saturated heterocycles. The third-order valence-electron chi connectivity index (χ3n) is 2.76. The summed E-state index contributed by atoms with van der Waals surface area (Å²) in [6.07, 6.45) is 1.82. The van der Waals surface area contributed by atoms with E-state index >= 15 is 0 Å². The van der Waals surface area contributed by atoms with Gasteiger partial charge in [-0.25, -0.2) is 0 Å². The highest BCUT2D eigenvalue weighted by atomic mass is 16.5. The molecule has 0 amide bonds. The summed E-state index contributed by atoms with van der Waals surface area (Å²) in [7, 11) is 3.39. The molecule has 0 aliphatic heterocycles. The quantitative estimate of drug-likeness (QED) is 0.773. The Labute approximate surface area is 96.9 Å². The van der Waals surface area contributed by atoms with Crippen molar-refractivity contribution in [2.24, 2.45) is 0 Å². The summed E-state index contributed by atoms with van der Waals surface area (Å²) in [4.78, 5) is 0. The summed E-state index contributed by atoms with van der Waals surface area (Å²) >= 11 is 0. The number of rotatable bonds is 7. The first kappa shape index (κ1) is 13.2. The third kappa shape index (κ3) is 3.63. The molecule has 0 radical (unpaired) electrons. The van der Waals surface area contributed by atoms with E-state index in [9.17, 15) is 0 Å². The van der Waals surface area contributed by atoms with Crippen molar-refractivity contribution < 1.29 is 13.9 Å². The van der Waals surface area contributed by atoms with Gasteiger partial charge in [0.2, 0.25) is 0 Å². The summed E-state index contributed by atoms with van der Waals surface area (Å²) in [5.74, 6) is 0.886. The molecular weight excluding hydrogens is 206 g/mol. The number of nitrogens with one attached hydrogen (secondary N) is 1. The van der Waals surface area contributed by atoms with Gasteiger partial charge in [-0.1, -0.05) is 0 Å². The van der Waals surface area contributed by atoms with Gasteiger partial charge >= 0.3 is 0 Å². The maximum Gasteiger partial charge on any atom is 0.123 e. The molecule has 0 fully saturated rings. The van der Waals surface area contributed by atoms with Gasteiger partial charge in [0.25, 0.3) is 0 Å². The van der Waals surface area contributed by atoms with Crippen molar-refractivity contribution in [2.75, 3.05) is 20.8 Å². The zero-order valence-corrected chi connectivity index (χ0v) is 10.4. The van der Waals surface area contributed by atoms with Crippen molar-refractivity contribution in [2.45, 2.75) is 32.0 Å². The van der Waals surface area contributed by atoms with Gasteiger partial charge in [0, 0.05) is 20.3 Å². The molecule has 1 aromatic heterocycles. The molecule has 1 rings (SSSR count). The van der Waals surface area contributed by atoms with Crippen molar-refractivity contribution in [3.8, 4) is 0 Å². The van der Waals surface area contributed by atoms with E-state index in [0.717, 1.165) is 5.76 Å². The first-order chi connectivity index (χ1) is 7.69. The van der Waals surface area contributed by atoms with Crippen LogP contribution in [0, 0.1) is 0 Å². The minimum atomic E-state index is 0.0626. The molecule has 1 aromatic rings. The molecule has 4 heteroatoms. The lowest BCUT2D eigenvalue weighted by Crippen LogP contribution is -2.40. The second kappa shape index (κ2) is 6.68. The second-order valence-corrected chi connectivity index (χ2v) is 3.92. The average molecular weight is 227 g/mol. The van der Waals surface area contributed by atoms with Crippen molar-refractivity contribution in [3.63, 3.8) is 0 Å². The van der Waals surface area contributed by atoms with Crippen molar-refractivity contribution in [1.82, 2.24) is 5.32 Å². The monoisotopic (exact) mass is 227 g/mol. The van der Waals surface area contributed by atoms with Crippen molar-refractivity contribution >= 4 is 0 Å². The molecule has 1 heterocycles. The van der Waals surface area contributed by atoms with Crippen molar-refractivity contribution in [1.29, 1.82) is 0 Å². The lowest BCUT2D eigenvalue weighted by Gasteiger charge is -2.25. The zero-order valence-electron chi connectivity index (χ0n) is 10.4. The van der Waals surface area contributed by atoms with E-state index in [-0.39, 0.29) is 18.2 Å². The smallest absolute Gasteiger partial charge is 0.123 e. The average Bonchev–Trinajstić information content (AvgIpc) is 2.80. The van der Waals surface area contributed by atoms with Crippen LogP contribution in [0.25, 0.3) is 0 Å². The molecule has 0 aliphatic carbocycles. The van der Waals surface area contributed by atoms with Crippen LogP contribution in [0.2, 0.25) is 0 Å². The van der Waals surface area contributed by atoms with Gasteiger partial charge in [-0.15, -0.1) is 0 Å². The SMILES string of the molecule is COCC(NC(C)C(C)OC)c1ccco1. The fourth-order valence-corrected chi connectivity index (χ4v) is 1.53. The predicted octanol–water partition coefficient (Wildman–Crippen LogP) is 1.98. The van der Waals surface area contributed by atoms with Crippen LogP contribution in [0.1, 0.15) is 25.6 Å². The van der Waals surface area contributed by atoms with E-state index in [1.165, 1.54) is 0 Å². The topological polar surface area (TPSA) is 43.6 Å². The Morgan fingerprint density at radius 2 is 2.12 bits per heavy atom. The lowest BCUT2D eigenvalue weighted by molar-refractivity contribution is 0.0728. The molecule has 3 atom stereocenters. The largest absolute Gasteiger partial charge is 0.468 e. The van der Waals surface area contributed by atoms with Gasteiger partial charge in [0.05, 0.1) is 25.0 Å². The molecule has 0 aromatic carbocycles. The summed E-state index contributed by atoms with van der Waals surface area (Å²) in [6.45, 7) is 4.69. The summed E-state index contributed by atoms with van der Waals surface area (Å²) in [5.41, 5.74) is 0. The Bertz CT molecular complexity index is 274. The predicted molar refractivity (Wildman–Crippen MR) is 62.4 cm³/mol. The number of hydrogen-bond donors (Lipinski definition) is 1. The number of hydrogen-bond acceptors (Lipinski definition) is 4. The maximum atomic E-state index is 5.38. The molecule has 0 bridgehead atoms. The molecule has 0 aliphatic rings. The molecule has 0 spiro atoms. The molecule has 4 nitrogen and oxygen atoms in total. The summed E-state index contributed by atoms with van der Waals surface area (Å²) in [6, 6.07) is 4.12. The highest BCUT2D eigenvalue weighted by Crippen LogP contribution is 2.15. The van der Waals surface area contributed by atoms with E-state index in [1.54, 1.807) is 20.5 Å². The van der Waals surface area contributed by atoms with Gasteiger partial charge in [0.15, 0.2) is 0 Å². The molecular formula is C12H21NO3. The van der Waals surface area contributed by atoms with E-state index in [0.29, 0.717) is 6.61 Å². The van der Waals surface area contributed by atoms with Crippen LogP contribution in [0.4, 0.5) is 0 Å². The maximum absolute atomic E-state index is 5.38. The second-order valence-electron chi connectivity index (χ2n) is 3.92. The Balaban J connectivity index is 2.58. The Morgan fingerprint density at radius 1 is 1.38 bits per heavy atom. The zero-order chi connectivity index (χ0) is 12.0. The minimum Gasteiger partial charge on any atom is -0.468 e. The van der Waals surface area contributed by atoms with Crippen LogP contribution in [0.15, 0.2) is 22.8 Å². The fraction of sp³-hybridized carbons (Fsp3) is 0.667. The van der Waals surface area contributed by atoms with E-state index < -0.39 is 0 Å². The molecule has 1 N–H and O–H groups in total. The van der Waals surface area contributed by atoms with Crippen LogP contribution in [0.3, 0.4) is 0 Å². The van der Waals surface area contributed by atoms with E-state index in [4.69, 9.17) is 13.9 Å². The summed E-state index contributed by atoms with van der Waals surface area (Å²) < 4.78 is 15.8. The lowest BCUT2D eigenvalue weighted by atomic mass is 10.1. The fourth-order valence-electron chi connectivity index (χ4n) is 1.53. The normalized spacial score (nSPS) is 17.0. The number of furan rings is 1. The van der Waals surface area contributed by atoms with E-state index in [2.05, 4.69) is 12.2 Å². The van der Waals surface area contributed by atoms with Gasteiger partial charge in [-0.3, -0.25) is 0 Å². The summed E-state index contributed by atoms with van der Waals surface area (Å²) in [5, 5.41) is 3.43. The Kier molecular flexibility index (Phi) is 5.52. The van der Waals surface area contributed by atoms with Crippen LogP contribution in [-0.4, -0.2) is 33.0 Å². The first-order valence-corrected chi connectivity index (χ1v) is 5.50. The molecule has 16 heavy (non-hydrogen) atoms. The van der Waals surface area contributed by atoms with Crippen LogP contribution >= 0.6 is 0 Å². The van der Waals surface area contributed by atoms with Crippen molar-refractivity contribution in [3.05, 3.63) is 24.2 Å². The Hall–Kier alpha value is -0.840. The Morgan fingerprint density at radius 3 is 2.62 bits per heavy atom. The number of ether oxygens (including phenoxy) is 2. The van der Waals surface area contributed by atoms with E-state index in [1.807, 2.05) is 19.1 Å². The number of methoxy groups -OCH3 is 2. The van der Waals surface area contributed by atoms with Gasteiger partial charge in [0.1, 0.15) is 5.76 Å². The molecule has 92 valence electrons. The van der Waals surface area contributed by atoms with Gasteiger partial charge in [-0.05, 0) is 26.0 Å². The molecule has 0 saturated carbocycles. The standard InChI is InChI=1S/C12H21NO3/c1-9(10(2)15-4)13-11(8-14-3)12-6-5-7-16-12/h5-7,9-11,13H,8H2,1-4H3. The highest BCUT2D eigenvalue weighted by Gasteiger charge is 2.19. The first-order valence-electron chi connectivity index (χ1n) is 5.50. The third-order valence-corrected chi connectivity index (χ3v) is 2.76. The molecule has 3 unspecified atom stereocenters. The van der Waals surface area contributed by atoms with Gasteiger partial charge < -0.3 is 19.2 Å². The van der Waals surface area contributed by atoms with Crippen LogP contribution < -0.4 is 5.32 Å². The van der Waals surface area contributed by atoms with Gasteiger partial charge in [-0.2, -0.15) is 0 Å².